The molecule has 3 N–H and O–H groups in total. The normalized spacial score (nSPS) is 13.9. The first-order valence-corrected chi connectivity index (χ1v) is 9.49. The van der Waals surface area contributed by atoms with E-state index in [0.717, 1.165) is 32.4 Å². The average molecular weight is 384 g/mol. The van der Waals surface area contributed by atoms with Crippen LogP contribution in [0.15, 0.2) is 35.3 Å². The summed E-state index contributed by atoms with van der Waals surface area (Å²) >= 11 is 0. The van der Waals surface area contributed by atoms with Gasteiger partial charge in [0.1, 0.15) is 5.56 Å². The smallest absolute Gasteiger partial charge is 0.257 e. The van der Waals surface area contributed by atoms with Gasteiger partial charge in [0.25, 0.3) is 5.91 Å². The lowest BCUT2D eigenvalue weighted by atomic mass is 10.1. The second-order valence-electron chi connectivity index (χ2n) is 6.80. The van der Waals surface area contributed by atoms with Gasteiger partial charge in [-0.3, -0.25) is 19.2 Å². The molecule has 0 spiro atoms. The molecule has 1 aliphatic heterocycles. The summed E-state index contributed by atoms with van der Waals surface area (Å²) in [6.45, 7) is 1.52. The zero-order valence-corrected chi connectivity index (χ0v) is 15.6. The van der Waals surface area contributed by atoms with Crippen LogP contribution in [0.2, 0.25) is 0 Å². The quantitative estimate of drug-likeness (QED) is 0.683. The number of aromatic amines is 1. The molecule has 28 heavy (non-hydrogen) atoms. The maximum atomic E-state index is 12.4. The van der Waals surface area contributed by atoms with Crippen LogP contribution in [0, 0.1) is 0 Å². The highest BCUT2D eigenvalue weighted by atomic mass is 16.2. The summed E-state index contributed by atoms with van der Waals surface area (Å²) in [5, 5.41) is 5.47. The number of rotatable bonds is 6. The SMILES string of the molecule is O=C(CNC(=O)c1c[nH]c2ccccc2c1=O)NCCC(=O)N1CCCCC1. The van der Waals surface area contributed by atoms with E-state index >= 15 is 0 Å². The molecule has 0 unspecified atom stereocenters. The lowest BCUT2D eigenvalue weighted by molar-refractivity contribution is -0.132. The van der Waals surface area contributed by atoms with Crippen LogP contribution in [-0.4, -0.2) is 53.8 Å². The summed E-state index contributed by atoms with van der Waals surface area (Å²) in [5.74, 6) is -0.990. The Labute approximate surface area is 162 Å². The molecule has 1 saturated heterocycles. The van der Waals surface area contributed by atoms with Gasteiger partial charge in [-0.1, -0.05) is 12.1 Å². The molecule has 0 bridgehead atoms. The summed E-state index contributed by atoms with van der Waals surface area (Å²) in [7, 11) is 0. The molecule has 8 heteroatoms. The minimum atomic E-state index is -0.619. The Hall–Kier alpha value is -3.16. The highest BCUT2D eigenvalue weighted by molar-refractivity contribution is 5.98. The number of fused-ring (bicyclic) bond motifs is 1. The van der Waals surface area contributed by atoms with E-state index in [1.54, 1.807) is 24.3 Å². The van der Waals surface area contributed by atoms with Gasteiger partial charge in [0.2, 0.25) is 17.2 Å². The number of carbonyl (C=O) groups is 3. The van der Waals surface area contributed by atoms with E-state index in [4.69, 9.17) is 0 Å². The fourth-order valence-electron chi connectivity index (χ4n) is 3.26. The van der Waals surface area contributed by atoms with Crippen LogP contribution >= 0.6 is 0 Å². The predicted octanol–water partition coefficient (Wildman–Crippen LogP) is 0.777. The second-order valence-corrected chi connectivity index (χ2v) is 6.80. The van der Waals surface area contributed by atoms with Crippen molar-refractivity contribution in [2.75, 3.05) is 26.2 Å². The predicted molar refractivity (Wildman–Crippen MR) is 105 cm³/mol. The Balaban J connectivity index is 1.45. The van der Waals surface area contributed by atoms with Crippen molar-refractivity contribution in [3.8, 4) is 0 Å². The van der Waals surface area contributed by atoms with Crippen molar-refractivity contribution in [3.63, 3.8) is 0 Å². The van der Waals surface area contributed by atoms with Crippen molar-refractivity contribution in [1.82, 2.24) is 20.5 Å². The molecule has 1 aromatic carbocycles. The molecule has 1 aliphatic rings. The number of aromatic nitrogens is 1. The van der Waals surface area contributed by atoms with Gasteiger partial charge in [0.15, 0.2) is 0 Å². The number of likely N-dealkylation sites (tertiary alicyclic amines) is 1. The van der Waals surface area contributed by atoms with Crippen LogP contribution in [0.5, 0.6) is 0 Å². The van der Waals surface area contributed by atoms with Crippen molar-refractivity contribution in [2.24, 2.45) is 0 Å². The third-order valence-corrected chi connectivity index (χ3v) is 4.81. The first-order valence-electron chi connectivity index (χ1n) is 9.49. The van der Waals surface area contributed by atoms with Crippen LogP contribution in [0.1, 0.15) is 36.0 Å². The number of piperidine rings is 1. The van der Waals surface area contributed by atoms with Gasteiger partial charge in [-0.15, -0.1) is 0 Å². The van der Waals surface area contributed by atoms with Gasteiger partial charge < -0.3 is 20.5 Å². The molecule has 8 nitrogen and oxygen atoms in total. The number of benzene rings is 1. The molecule has 2 aromatic rings. The number of amides is 3. The van der Waals surface area contributed by atoms with E-state index in [1.165, 1.54) is 6.20 Å². The molecule has 0 saturated carbocycles. The molecular formula is C20H24N4O4. The molecule has 0 atom stereocenters. The van der Waals surface area contributed by atoms with Gasteiger partial charge in [0.05, 0.1) is 6.54 Å². The Morgan fingerprint density at radius 1 is 1.04 bits per heavy atom. The van der Waals surface area contributed by atoms with E-state index in [0.29, 0.717) is 10.9 Å². The van der Waals surface area contributed by atoms with Crippen molar-refractivity contribution in [1.29, 1.82) is 0 Å². The van der Waals surface area contributed by atoms with Gasteiger partial charge in [-0.05, 0) is 31.4 Å². The largest absolute Gasteiger partial charge is 0.360 e. The van der Waals surface area contributed by atoms with E-state index < -0.39 is 11.8 Å². The fourth-order valence-corrected chi connectivity index (χ4v) is 3.26. The molecule has 148 valence electrons. The van der Waals surface area contributed by atoms with Crippen molar-refractivity contribution in [2.45, 2.75) is 25.7 Å². The van der Waals surface area contributed by atoms with Crippen LogP contribution in [0.4, 0.5) is 0 Å². The summed E-state index contributed by atoms with van der Waals surface area (Å²) in [5.41, 5.74) is 0.200. The third kappa shape index (κ3) is 4.76. The monoisotopic (exact) mass is 384 g/mol. The Morgan fingerprint density at radius 3 is 2.57 bits per heavy atom. The molecule has 2 heterocycles. The summed E-state index contributed by atoms with van der Waals surface area (Å²) in [4.78, 5) is 53.3. The van der Waals surface area contributed by atoms with Gasteiger partial charge >= 0.3 is 0 Å². The van der Waals surface area contributed by atoms with Crippen molar-refractivity contribution in [3.05, 3.63) is 46.2 Å². The van der Waals surface area contributed by atoms with Crippen LogP contribution in [0.25, 0.3) is 10.9 Å². The van der Waals surface area contributed by atoms with Gasteiger partial charge in [0, 0.05) is 43.2 Å². The molecular weight excluding hydrogens is 360 g/mol. The van der Waals surface area contributed by atoms with Crippen molar-refractivity contribution < 1.29 is 14.4 Å². The van der Waals surface area contributed by atoms with Gasteiger partial charge in [-0.2, -0.15) is 0 Å². The number of hydrogen-bond donors (Lipinski definition) is 3. The zero-order valence-electron chi connectivity index (χ0n) is 15.6. The lowest BCUT2D eigenvalue weighted by Gasteiger charge is -2.26. The minimum Gasteiger partial charge on any atom is -0.360 e. The van der Waals surface area contributed by atoms with E-state index in [1.807, 2.05) is 4.90 Å². The number of H-pyrrole nitrogens is 1. The minimum absolute atomic E-state index is 0.0340. The highest BCUT2D eigenvalue weighted by Gasteiger charge is 2.17. The third-order valence-electron chi connectivity index (χ3n) is 4.81. The number of hydrogen-bond acceptors (Lipinski definition) is 4. The maximum Gasteiger partial charge on any atom is 0.257 e. The molecule has 0 aliphatic carbocycles. The number of para-hydroxylation sites is 1. The van der Waals surface area contributed by atoms with Crippen LogP contribution in [-0.2, 0) is 9.59 Å². The maximum absolute atomic E-state index is 12.4. The van der Waals surface area contributed by atoms with E-state index in [9.17, 15) is 19.2 Å². The van der Waals surface area contributed by atoms with Crippen molar-refractivity contribution >= 4 is 28.6 Å². The summed E-state index contributed by atoms with van der Waals surface area (Å²) < 4.78 is 0. The molecule has 1 fully saturated rings. The Kier molecular flexibility index (Phi) is 6.41. The topological polar surface area (TPSA) is 111 Å². The molecule has 0 radical (unpaired) electrons. The summed E-state index contributed by atoms with van der Waals surface area (Å²) in [6, 6.07) is 6.89. The first kappa shape index (κ1) is 19.6. The standard InChI is InChI=1S/C20H24N4O4/c25-17(21-9-8-18(26)24-10-4-1-5-11-24)13-23-20(28)15-12-22-16-7-3-2-6-14(16)19(15)27/h2-3,6-7,12H,1,4-5,8-11,13H2,(H,21,25)(H,22,27)(H,23,28). The zero-order chi connectivity index (χ0) is 19.9. The fraction of sp³-hybridized carbons (Fsp3) is 0.400. The molecule has 3 rings (SSSR count). The van der Waals surface area contributed by atoms with Crippen LogP contribution in [0.3, 0.4) is 0 Å². The lowest BCUT2D eigenvalue weighted by Crippen LogP contribution is -2.41. The van der Waals surface area contributed by atoms with Crippen LogP contribution < -0.4 is 16.1 Å². The number of pyridine rings is 1. The summed E-state index contributed by atoms with van der Waals surface area (Å²) in [6.07, 6.45) is 4.79. The van der Waals surface area contributed by atoms with Gasteiger partial charge in [-0.25, -0.2) is 0 Å². The average Bonchev–Trinajstić information content (AvgIpc) is 2.73. The Bertz CT molecular complexity index is 931. The number of carbonyl (C=O) groups excluding carboxylic acids is 3. The Morgan fingerprint density at radius 2 is 1.79 bits per heavy atom. The first-order chi connectivity index (χ1) is 13.6. The van der Waals surface area contributed by atoms with E-state index in [-0.39, 0.29) is 36.4 Å². The molecule has 3 amide bonds. The van der Waals surface area contributed by atoms with E-state index in [2.05, 4.69) is 15.6 Å². The number of nitrogens with one attached hydrogen (secondary N) is 3. The second kappa shape index (κ2) is 9.16. The molecule has 1 aromatic heterocycles. The number of nitrogens with zero attached hydrogens (tertiary/aromatic N) is 1. The highest BCUT2D eigenvalue weighted by Crippen LogP contribution is 2.09.